The molecule has 0 fully saturated rings. The number of hydrogen-bond acceptors (Lipinski definition) is 4. The zero-order valence-corrected chi connectivity index (χ0v) is 12.3. The normalized spacial score (nSPS) is 10.5. The Labute approximate surface area is 126 Å². The molecular formula is C15H14N4OS. The summed E-state index contributed by atoms with van der Waals surface area (Å²) in [5.41, 5.74) is 2.57. The molecule has 0 unspecified atom stereocenters. The van der Waals surface area contributed by atoms with Crippen molar-refractivity contribution in [3.05, 3.63) is 64.9 Å². The Morgan fingerprint density at radius 2 is 2.14 bits per heavy atom. The third kappa shape index (κ3) is 3.35. The fourth-order valence-electron chi connectivity index (χ4n) is 1.92. The second-order valence-electron chi connectivity index (χ2n) is 4.66. The summed E-state index contributed by atoms with van der Waals surface area (Å²) >= 11 is 1.41. The lowest BCUT2D eigenvalue weighted by molar-refractivity contribution is 0.102. The zero-order chi connectivity index (χ0) is 14.7. The number of thiazole rings is 1. The first kappa shape index (κ1) is 13.5. The van der Waals surface area contributed by atoms with E-state index in [-0.39, 0.29) is 5.91 Å². The summed E-state index contributed by atoms with van der Waals surface area (Å²) in [6.07, 6.45) is 3.31. The number of carbonyl (C=O) groups is 1. The van der Waals surface area contributed by atoms with E-state index in [0.29, 0.717) is 17.2 Å². The monoisotopic (exact) mass is 298 g/mol. The van der Waals surface area contributed by atoms with Crippen LogP contribution in [0.15, 0.2) is 48.1 Å². The van der Waals surface area contributed by atoms with Crippen molar-refractivity contribution >= 4 is 22.4 Å². The summed E-state index contributed by atoms with van der Waals surface area (Å²) < 4.78 is 1.75. The molecule has 0 aliphatic rings. The van der Waals surface area contributed by atoms with Crippen LogP contribution in [0.1, 0.15) is 21.6 Å². The van der Waals surface area contributed by atoms with Gasteiger partial charge in [0.1, 0.15) is 0 Å². The Morgan fingerprint density at radius 3 is 2.86 bits per heavy atom. The van der Waals surface area contributed by atoms with Crippen LogP contribution in [0.25, 0.3) is 0 Å². The van der Waals surface area contributed by atoms with Crippen LogP contribution < -0.4 is 5.32 Å². The summed E-state index contributed by atoms with van der Waals surface area (Å²) in [5, 5.41) is 9.49. The number of hydrogen-bond donors (Lipinski definition) is 1. The predicted octanol–water partition coefficient (Wildman–Crippen LogP) is 2.95. The average Bonchev–Trinajstić information content (AvgIpc) is 3.09. The average molecular weight is 298 g/mol. The largest absolute Gasteiger partial charge is 0.298 e. The zero-order valence-electron chi connectivity index (χ0n) is 11.5. The SMILES string of the molecule is Cc1csc(NC(=O)c2cnn(Cc3ccccc3)c2)n1. The third-order valence-corrected chi connectivity index (χ3v) is 3.80. The molecule has 0 aliphatic carbocycles. The molecule has 2 aromatic heterocycles. The summed E-state index contributed by atoms with van der Waals surface area (Å²) in [6, 6.07) is 10.00. The summed E-state index contributed by atoms with van der Waals surface area (Å²) in [4.78, 5) is 16.3. The molecule has 3 rings (SSSR count). The number of benzene rings is 1. The minimum Gasteiger partial charge on any atom is -0.298 e. The highest BCUT2D eigenvalue weighted by Crippen LogP contribution is 2.15. The van der Waals surface area contributed by atoms with E-state index >= 15 is 0 Å². The van der Waals surface area contributed by atoms with Gasteiger partial charge in [0.25, 0.3) is 5.91 Å². The molecule has 21 heavy (non-hydrogen) atoms. The van der Waals surface area contributed by atoms with E-state index in [1.807, 2.05) is 42.6 Å². The van der Waals surface area contributed by atoms with Gasteiger partial charge in [-0.25, -0.2) is 4.98 Å². The van der Waals surface area contributed by atoms with Crippen LogP contribution in [-0.4, -0.2) is 20.7 Å². The highest BCUT2D eigenvalue weighted by molar-refractivity contribution is 7.13. The van der Waals surface area contributed by atoms with E-state index in [0.717, 1.165) is 11.3 Å². The Morgan fingerprint density at radius 1 is 1.33 bits per heavy atom. The first-order chi connectivity index (χ1) is 10.2. The number of nitrogens with one attached hydrogen (secondary N) is 1. The van der Waals surface area contributed by atoms with Crippen LogP contribution in [0.4, 0.5) is 5.13 Å². The molecule has 3 aromatic rings. The predicted molar refractivity (Wildman–Crippen MR) is 82.6 cm³/mol. The van der Waals surface area contributed by atoms with Crippen LogP contribution in [0.3, 0.4) is 0 Å². The number of rotatable bonds is 4. The molecule has 0 aliphatic heterocycles. The Bertz CT molecular complexity index is 748. The molecule has 106 valence electrons. The van der Waals surface area contributed by atoms with Gasteiger partial charge in [0.05, 0.1) is 24.0 Å². The van der Waals surface area contributed by atoms with Gasteiger partial charge >= 0.3 is 0 Å². The molecule has 0 saturated heterocycles. The molecule has 0 atom stereocenters. The smallest absolute Gasteiger partial charge is 0.260 e. The minimum atomic E-state index is -0.191. The Kier molecular flexibility index (Phi) is 3.79. The van der Waals surface area contributed by atoms with Gasteiger partial charge in [-0.15, -0.1) is 11.3 Å². The van der Waals surface area contributed by atoms with Crippen molar-refractivity contribution in [2.45, 2.75) is 13.5 Å². The van der Waals surface area contributed by atoms with Gasteiger partial charge in [-0.3, -0.25) is 14.8 Å². The molecule has 2 heterocycles. The summed E-state index contributed by atoms with van der Waals surface area (Å²) in [6.45, 7) is 2.54. The Hall–Kier alpha value is -2.47. The van der Waals surface area contributed by atoms with E-state index in [1.54, 1.807) is 17.1 Å². The van der Waals surface area contributed by atoms with Crippen molar-refractivity contribution in [1.82, 2.24) is 14.8 Å². The number of carbonyl (C=O) groups excluding carboxylic acids is 1. The topological polar surface area (TPSA) is 59.8 Å². The van der Waals surface area contributed by atoms with E-state index in [4.69, 9.17) is 0 Å². The van der Waals surface area contributed by atoms with Gasteiger partial charge in [0.15, 0.2) is 5.13 Å². The van der Waals surface area contributed by atoms with E-state index in [2.05, 4.69) is 15.4 Å². The molecule has 1 N–H and O–H groups in total. The molecular weight excluding hydrogens is 284 g/mol. The number of aromatic nitrogens is 3. The van der Waals surface area contributed by atoms with Crippen LogP contribution in [0.2, 0.25) is 0 Å². The minimum absolute atomic E-state index is 0.191. The van der Waals surface area contributed by atoms with Crippen molar-refractivity contribution in [2.24, 2.45) is 0 Å². The number of anilines is 1. The van der Waals surface area contributed by atoms with Gasteiger partial charge in [-0.05, 0) is 12.5 Å². The summed E-state index contributed by atoms with van der Waals surface area (Å²) in [5.74, 6) is -0.191. The maximum absolute atomic E-state index is 12.1. The van der Waals surface area contributed by atoms with Crippen molar-refractivity contribution in [3.8, 4) is 0 Å². The Balaban J connectivity index is 1.68. The number of aryl methyl sites for hydroxylation is 1. The van der Waals surface area contributed by atoms with Crippen LogP contribution in [0, 0.1) is 6.92 Å². The van der Waals surface area contributed by atoms with Crippen LogP contribution >= 0.6 is 11.3 Å². The van der Waals surface area contributed by atoms with Gasteiger partial charge in [-0.1, -0.05) is 30.3 Å². The third-order valence-electron chi connectivity index (χ3n) is 2.92. The van der Waals surface area contributed by atoms with Crippen LogP contribution in [0.5, 0.6) is 0 Å². The van der Waals surface area contributed by atoms with Gasteiger partial charge in [-0.2, -0.15) is 5.10 Å². The second kappa shape index (κ2) is 5.88. The highest BCUT2D eigenvalue weighted by Gasteiger charge is 2.10. The summed E-state index contributed by atoms with van der Waals surface area (Å²) in [7, 11) is 0. The molecule has 0 spiro atoms. The molecule has 1 aromatic carbocycles. The molecule has 1 amide bonds. The maximum atomic E-state index is 12.1. The lowest BCUT2D eigenvalue weighted by atomic mass is 10.2. The van der Waals surface area contributed by atoms with Crippen molar-refractivity contribution < 1.29 is 4.79 Å². The van der Waals surface area contributed by atoms with Gasteiger partial charge < -0.3 is 0 Å². The molecule has 0 saturated carbocycles. The maximum Gasteiger partial charge on any atom is 0.260 e. The second-order valence-corrected chi connectivity index (χ2v) is 5.52. The van der Waals surface area contributed by atoms with Crippen molar-refractivity contribution in [2.75, 3.05) is 5.32 Å². The van der Waals surface area contributed by atoms with Gasteiger partial charge in [0.2, 0.25) is 0 Å². The first-order valence-electron chi connectivity index (χ1n) is 6.50. The lowest BCUT2D eigenvalue weighted by Crippen LogP contribution is -2.11. The molecule has 0 radical (unpaired) electrons. The quantitative estimate of drug-likeness (QED) is 0.805. The molecule has 6 heteroatoms. The standard InChI is InChI=1S/C15H14N4OS/c1-11-10-21-15(17-11)18-14(20)13-7-16-19(9-13)8-12-5-3-2-4-6-12/h2-7,9-10H,8H2,1H3,(H,17,18,20). The van der Waals surface area contributed by atoms with Crippen molar-refractivity contribution in [3.63, 3.8) is 0 Å². The van der Waals surface area contributed by atoms with E-state index < -0.39 is 0 Å². The molecule has 5 nitrogen and oxygen atoms in total. The number of nitrogens with zero attached hydrogens (tertiary/aromatic N) is 3. The molecule has 0 bridgehead atoms. The fourth-order valence-corrected chi connectivity index (χ4v) is 2.60. The number of amides is 1. The highest BCUT2D eigenvalue weighted by atomic mass is 32.1. The van der Waals surface area contributed by atoms with E-state index in [9.17, 15) is 4.79 Å². The lowest BCUT2D eigenvalue weighted by Gasteiger charge is -2.01. The van der Waals surface area contributed by atoms with Gasteiger partial charge in [0, 0.05) is 11.6 Å². The fraction of sp³-hybridized carbons (Fsp3) is 0.133. The van der Waals surface area contributed by atoms with E-state index in [1.165, 1.54) is 11.3 Å². The van der Waals surface area contributed by atoms with Crippen molar-refractivity contribution in [1.29, 1.82) is 0 Å². The van der Waals surface area contributed by atoms with Crippen LogP contribution in [-0.2, 0) is 6.54 Å². The first-order valence-corrected chi connectivity index (χ1v) is 7.38.